The maximum atomic E-state index is 13.1. The normalized spacial score (nSPS) is 14.7. The smallest absolute Gasteiger partial charge is 0.335 e. The Labute approximate surface area is 90.3 Å². The first-order valence-corrected chi connectivity index (χ1v) is 4.46. The van der Waals surface area contributed by atoms with Crippen molar-refractivity contribution in [2.45, 2.75) is 18.9 Å². The number of aliphatic carboxylic acids is 1. The highest BCUT2D eigenvalue weighted by molar-refractivity contribution is 6.30. The molecule has 0 bridgehead atoms. The Morgan fingerprint density at radius 1 is 1.73 bits per heavy atom. The van der Waals surface area contributed by atoms with Crippen molar-refractivity contribution in [3.05, 3.63) is 28.8 Å². The second-order valence-corrected chi connectivity index (χ2v) is 3.80. The van der Waals surface area contributed by atoms with Gasteiger partial charge in [-0.05, 0) is 13.0 Å². The maximum absolute atomic E-state index is 13.1. The van der Waals surface area contributed by atoms with E-state index in [0.717, 1.165) is 13.1 Å². The fourth-order valence-electron chi connectivity index (χ4n) is 1.03. The van der Waals surface area contributed by atoms with E-state index in [1.807, 2.05) is 0 Å². The van der Waals surface area contributed by atoms with Crippen LogP contribution in [0.1, 0.15) is 12.5 Å². The molecule has 0 radical (unpaired) electrons. The van der Waals surface area contributed by atoms with E-state index in [-0.39, 0.29) is 17.0 Å². The number of carbonyl (C=O) groups is 1. The Bertz CT molecular complexity index is 395. The molecule has 82 valence electrons. The molecule has 1 rings (SSSR count). The first-order valence-electron chi connectivity index (χ1n) is 4.08. The Balaban J connectivity index is 2.99. The standard InChI is InChI=1S/C9H9ClFNO3/c1-9(15,8(13)14)3-5-2-6(10)4-12-7(5)11/h2,4,15H,3H2,1H3,(H,13,14). The third-order valence-electron chi connectivity index (χ3n) is 1.87. The number of aromatic nitrogens is 1. The first kappa shape index (κ1) is 11.9. The molecular weight excluding hydrogens is 225 g/mol. The van der Waals surface area contributed by atoms with Crippen molar-refractivity contribution in [1.29, 1.82) is 0 Å². The van der Waals surface area contributed by atoms with Crippen LogP contribution in [0.25, 0.3) is 0 Å². The van der Waals surface area contributed by atoms with E-state index in [1.165, 1.54) is 6.07 Å². The highest BCUT2D eigenvalue weighted by Crippen LogP contribution is 2.18. The van der Waals surface area contributed by atoms with Crippen molar-refractivity contribution in [2.75, 3.05) is 0 Å². The number of pyridine rings is 1. The Morgan fingerprint density at radius 3 is 2.87 bits per heavy atom. The summed E-state index contributed by atoms with van der Waals surface area (Å²) in [6.07, 6.45) is 0.720. The van der Waals surface area contributed by atoms with Crippen LogP contribution in [-0.2, 0) is 11.2 Å². The molecule has 2 N–H and O–H groups in total. The van der Waals surface area contributed by atoms with Gasteiger partial charge in [0.15, 0.2) is 5.60 Å². The molecule has 1 unspecified atom stereocenters. The van der Waals surface area contributed by atoms with E-state index in [2.05, 4.69) is 4.98 Å². The van der Waals surface area contributed by atoms with Crippen LogP contribution in [-0.4, -0.2) is 26.8 Å². The van der Waals surface area contributed by atoms with Crippen molar-refractivity contribution in [3.8, 4) is 0 Å². The van der Waals surface area contributed by atoms with Gasteiger partial charge in [0.2, 0.25) is 5.95 Å². The van der Waals surface area contributed by atoms with E-state index in [4.69, 9.17) is 16.7 Å². The van der Waals surface area contributed by atoms with Crippen LogP contribution < -0.4 is 0 Å². The predicted octanol–water partition coefficient (Wildman–Crippen LogP) is 1.25. The number of carboxylic acid groups (broad SMARTS) is 1. The summed E-state index contributed by atoms with van der Waals surface area (Å²) in [6.45, 7) is 1.08. The van der Waals surface area contributed by atoms with Crippen molar-refractivity contribution in [1.82, 2.24) is 4.98 Å². The molecule has 4 nitrogen and oxygen atoms in total. The Morgan fingerprint density at radius 2 is 2.33 bits per heavy atom. The lowest BCUT2D eigenvalue weighted by Gasteiger charge is -2.17. The monoisotopic (exact) mass is 233 g/mol. The molecular formula is C9H9ClFNO3. The van der Waals surface area contributed by atoms with Crippen LogP contribution >= 0.6 is 11.6 Å². The van der Waals surface area contributed by atoms with Gasteiger partial charge >= 0.3 is 5.97 Å². The minimum Gasteiger partial charge on any atom is -0.479 e. The number of halogens is 2. The van der Waals surface area contributed by atoms with Crippen LogP contribution in [0.4, 0.5) is 4.39 Å². The lowest BCUT2D eigenvalue weighted by molar-refractivity contribution is -0.156. The first-order chi connectivity index (χ1) is 6.83. The molecule has 0 aromatic carbocycles. The van der Waals surface area contributed by atoms with Gasteiger partial charge < -0.3 is 10.2 Å². The van der Waals surface area contributed by atoms with Crippen molar-refractivity contribution in [2.24, 2.45) is 0 Å². The lowest BCUT2D eigenvalue weighted by atomic mass is 9.98. The minimum atomic E-state index is -2.03. The Hall–Kier alpha value is -1.20. The quantitative estimate of drug-likeness (QED) is 0.771. The molecule has 1 aromatic rings. The van der Waals surface area contributed by atoms with Gasteiger partial charge in [-0.1, -0.05) is 11.6 Å². The topological polar surface area (TPSA) is 70.4 Å². The second kappa shape index (κ2) is 4.12. The van der Waals surface area contributed by atoms with Crippen LogP contribution in [0, 0.1) is 5.95 Å². The zero-order valence-corrected chi connectivity index (χ0v) is 8.62. The number of carboxylic acids is 1. The number of aliphatic hydroxyl groups is 1. The average molecular weight is 234 g/mol. The van der Waals surface area contributed by atoms with E-state index in [9.17, 15) is 14.3 Å². The van der Waals surface area contributed by atoms with Gasteiger partial charge in [0.25, 0.3) is 0 Å². The van der Waals surface area contributed by atoms with Crippen molar-refractivity contribution < 1.29 is 19.4 Å². The summed E-state index contributed by atoms with van der Waals surface area (Å²) in [5, 5.41) is 18.2. The zero-order chi connectivity index (χ0) is 11.6. The number of hydrogen-bond donors (Lipinski definition) is 2. The van der Waals surface area contributed by atoms with Crippen LogP contribution in [0.2, 0.25) is 5.02 Å². The summed E-state index contributed by atoms with van der Waals surface area (Å²) in [5.41, 5.74) is -2.07. The molecule has 0 aliphatic carbocycles. The summed E-state index contributed by atoms with van der Waals surface area (Å²) in [6, 6.07) is 1.24. The second-order valence-electron chi connectivity index (χ2n) is 3.36. The largest absolute Gasteiger partial charge is 0.479 e. The maximum Gasteiger partial charge on any atom is 0.335 e. The molecule has 0 amide bonds. The number of hydrogen-bond acceptors (Lipinski definition) is 3. The van der Waals surface area contributed by atoms with Crippen LogP contribution in [0.5, 0.6) is 0 Å². The molecule has 0 aliphatic heterocycles. The van der Waals surface area contributed by atoms with Gasteiger partial charge in [-0.3, -0.25) is 0 Å². The third kappa shape index (κ3) is 2.87. The molecule has 1 aromatic heterocycles. The molecule has 0 aliphatic rings. The van der Waals surface area contributed by atoms with E-state index in [1.54, 1.807) is 0 Å². The van der Waals surface area contributed by atoms with Crippen LogP contribution in [0.15, 0.2) is 12.3 Å². The lowest BCUT2D eigenvalue weighted by Crippen LogP contribution is -2.37. The predicted molar refractivity (Wildman–Crippen MR) is 51.2 cm³/mol. The zero-order valence-electron chi connectivity index (χ0n) is 7.87. The van der Waals surface area contributed by atoms with Crippen LogP contribution in [0.3, 0.4) is 0 Å². The van der Waals surface area contributed by atoms with Gasteiger partial charge in [-0.15, -0.1) is 0 Å². The highest BCUT2D eigenvalue weighted by Gasteiger charge is 2.31. The van der Waals surface area contributed by atoms with Gasteiger partial charge in [0.05, 0.1) is 5.02 Å². The summed E-state index contributed by atoms with van der Waals surface area (Å²) in [5.74, 6) is -2.26. The molecule has 6 heteroatoms. The SMILES string of the molecule is CC(O)(Cc1cc(Cl)cnc1F)C(=O)O. The molecule has 0 spiro atoms. The van der Waals surface area contributed by atoms with E-state index < -0.39 is 17.5 Å². The molecule has 0 saturated carbocycles. The molecule has 1 heterocycles. The van der Waals surface area contributed by atoms with E-state index >= 15 is 0 Å². The minimum absolute atomic E-state index is 0.0325. The number of nitrogens with zero attached hydrogens (tertiary/aromatic N) is 1. The highest BCUT2D eigenvalue weighted by atomic mass is 35.5. The fraction of sp³-hybridized carbons (Fsp3) is 0.333. The van der Waals surface area contributed by atoms with Gasteiger partial charge in [-0.25, -0.2) is 9.78 Å². The third-order valence-corrected chi connectivity index (χ3v) is 2.08. The van der Waals surface area contributed by atoms with Gasteiger partial charge in [0, 0.05) is 18.2 Å². The van der Waals surface area contributed by atoms with Gasteiger partial charge in [0.1, 0.15) is 0 Å². The molecule has 1 atom stereocenters. The Kier molecular flexibility index (Phi) is 3.26. The molecule has 0 fully saturated rings. The summed E-state index contributed by atoms with van der Waals surface area (Å²) in [7, 11) is 0. The summed E-state index contributed by atoms with van der Waals surface area (Å²) < 4.78 is 13.1. The fourth-order valence-corrected chi connectivity index (χ4v) is 1.22. The molecule has 0 saturated heterocycles. The average Bonchev–Trinajstić information content (AvgIpc) is 2.10. The summed E-state index contributed by atoms with van der Waals surface area (Å²) >= 11 is 5.57. The van der Waals surface area contributed by atoms with Crippen molar-refractivity contribution >= 4 is 17.6 Å². The van der Waals surface area contributed by atoms with Gasteiger partial charge in [-0.2, -0.15) is 4.39 Å². The van der Waals surface area contributed by atoms with E-state index in [0.29, 0.717) is 0 Å². The van der Waals surface area contributed by atoms with Crippen molar-refractivity contribution in [3.63, 3.8) is 0 Å². The molecule has 15 heavy (non-hydrogen) atoms. The number of rotatable bonds is 3. The summed E-state index contributed by atoms with van der Waals surface area (Å²) in [4.78, 5) is 13.9.